The van der Waals surface area contributed by atoms with Crippen molar-refractivity contribution in [2.24, 2.45) is 0 Å². The van der Waals surface area contributed by atoms with E-state index in [1.807, 2.05) is 6.26 Å². The smallest absolute Gasteiger partial charge is 0.248 e. The molecule has 0 aromatic heterocycles. The van der Waals surface area contributed by atoms with Gasteiger partial charge in [-0.05, 0) is 12.7 Å². The zero-order chi connectivity index (χ0) is 15.9. The molecule has 22 heavy (non-hydrogen) atoms. The molecule has 0 aromatic rings. The summed E-state index contributed by atoms with van der Waals surface area (Å²) in [6, 6.07) is -1.22. The fourth-order valence-corrected chi connectivity index (χ4v) is 4.03. The summed E-state index contributed by atoms with van der Waals surface area (Å²) in [5, 5.41) is 2.90. The van der Waals surface area contributed by atoms with Crippen molar-refractivity contribution in [2.45, 2.75) is 37.1 Å². The number of carbonyl (C=O) groups is 3. The largest absolute Gasteiger partial charge is 0.380 e. The number of carbonyl (C=O) groups excluding carboxylic acids is 3. The maximum Gasteiger partial charge on any atom is 0.248 e. The second-order valence-electron chi connectivity index (χ2n) is 5.97. The standard InChI is InChI=1S/C14H21N3O4S/c1-21-8-5-10-13(19)16-4-3-9(15-11(18)7-22-2)12(16)14(20)17(10)6-8/h8-10,12H,3-7H2,1-2H3,(H,15,18). The van der Waals surface area contributed by atoms with Crippen LogP contribution in [0.3, 0.4) is 0 Å². The molecule has 3 rings (SSSR count). The van der Waals surface area contributed by atoms with Crippen LogP contribution in [0.25, 0.3) is 0 Å². The van der Waals surface area contributed by atoms with Gasteiger partial charge in [-0.15, -0.1) is 0 Å². The van der Waals surface area contributed by atoms with Crippen molar-refractivity contribution in [1.29, 1.82) is 0 Å². The Morgan fingerprint density at radius 1 is 1.36 bits per heavy atom. The van der Waals surface area contributed by atoms with Gasteiger partial charge in [-0.3, -0.25) is 14.4 Å². The molecule has 0 bridgehead atoms. The van der Waals surface area contributed by atoms with Crippen LogP contribution in [-0.2, 0) is 19.1 Å². The zero-order valence-electron chi connectivity index (χ0n) is 12.8. The monoisotopic (exact) mass is 327 g/mol. The molecule has 0 aromatic carbocycles. The van der Waals surface area contributed by atoms with Gasteiger partial charge in [0.1, 0.15) is 12.1 Å². The Hall–Kier alpha value is -1.28. The van der Waals surface area contributed by atoms with Crippen LogP contribution in [0.5, 0.6) is 0 Å². The molecule has 3 aliphatic rings. The molecule has 3 aliphatic heterocycles. The van der Waals surface area contributed by atoms with Crippen LogP contribution in [-0.4, -0.2) is 84.0 Å². The Morgan fingerprint density at radius 3 is 2.82 bits per heavy atom. The van der Waals surface area contributed by atoms with Gasteiger partial charge in [-0.25, -0.2) is 0 Å². The number of amides is 3. The van der Waals surface area contributed by atoms with Gasteiger partial charge in [0.25, 0.3) is 0 Å². The number of nitrogens with zero attached hydrogens (tertiary/aromatic N) is 2. The van der Waals surface area contributed by atoms with Crippen molar-refractivity contribution < 1.29 is 19.1 Å². The van der Waals surface area contributed by atoms with E-state index >= 15 is 0 Å². The Balaban J connectivity index is 1.76. The highest BCUT2D eigenvalue weighted by Crippen LogP contribution is 2.33. The first kappa shape index (κ1) is 15.6. The SMILES string of the molecule is COC1CC2C(=O)N3CCC(NC(=O)CSC)C3C(=O)N2C1. The van der Waals surface area contributed by atoms with Crippen molar-refractivity contribution in [2.75, 3.05) is 32.2 Å². The number of fused-ring (bicyclic) bond motifs is 2. The van der Waals surface area contributed by atoms with E-state index in [0.717, 1.165) is 0 Å². The van der Waals surface area contributed by atoms with Crippen molar-refractivity contribution in [3.63, 3.8) is 0 Å². The average molecular weight is 327 g/mol. The highest BCUT2D eigenvalue weighted by Gasteiger charge is 2.55. The number of piperazine rings is 1. The van der Waals surface area contributed by atoms with Crippen LogP contribution in [0, 0.1) is 0 Å². The van der Waals surface area contributed by atoms with E-state index in [9.17, 15) is 14.4 Å². The Kier molecular flexibility index (Phi) is 4.31. The molecular formula is C14H21N3O4S. The maximum atomic E-state index is 12.8. The number of rotatable bonds is 4. The lowest BCUT2D eigenvalue weighted by molar-refractivity contribution is -0.157. The molecule has 3 saturated heterocycles. The van der Waals surface area contributed by atoms with Crippen LogP contribution >= 0.6 is 11.8 Å². The van der Waals surface area contributed by atoms with Crippen LogP contribution in [0.4, 0.5) is 0 Å². The second-order valence-corrected chi connectivity index (χ2v) is 6.84. The van der Waals surface area contributed by atoms with Gasteiger partial charge in [-0.2, -0.15) is 11.8 Å². The molecule has 0 spiro atoms. The lowest BCUT2D eigenvalue weighted by Gasteiger charge is -2.40. The van der Waals surface area contributed by atoms with E-state index in [0.29, 0.717) is 31.7 Å². The third-order valence-corrected chi connectivity index (χ3v) is 5.27. The van der Waals surface area contributed by atoms with Gasteiger partial charge < -0.3 is 19.9 Å². The molecule has 3 amide bonds. The Labute approximate surface area is 133 Å². The Morgan fingerprint density at radius 2 is 2.14 bits per heavy atom. The molecule has 0 radical (unpaired) electrons. The molecular weight excluding hydrogens is 306 g/mol. The van der Waals surface area contributed by atoms with Crippen molar-refractivity contribution in [3.8, 4) is 0 Å². The molecule has 7 nitrogen and oxygen atoms in total. The molecule has 4 unspecified atom stereocenters. The van der Waals surface area contributed by atoms with Crippen LogP contribution < -0.4 is 5.32 Å². The highest BCUT2D eigenvalue weighted by molar-refractivity contribution is 7.99. The summed E-state index contributed by atoms with van der Waals surface area (Å²) in [6.45, 7) is 0.989. The minimum Gasteiger partial charge on any atom is -0.380 e. The first-order valence-electron chi connectivity index (χ1n) is 7.49. The number of methoxy groups -OCH3 is 1. The quantitative estimate of drug-likeness (QED) is 0.721. The third-order valence-electron chi connectivity index (χ3n) is 4.72. The molecule has 122 valence electrons. The van der Waals surface area contributed by atoms with E-state index < -0.39 is 12.1 Å². The van der Waals surface area contributed by atoms with Crippen molar-refractivity contribution >= 4 is 29.5 Å². The van der Waals surface area contributed by atoms with Crippen LogP contribution in [0.1, 0.15) is 12.8 Å². The van der Waals surface area contributed by atoms with Gasteiger partial charge in [0.15, 0.2) is 0 Å². The number of nitrogens with one attached hydrogen (secondary N) is 1. The normalized spacial score (nSPS) is 33.9. The van der Waals surface area contributed by atoms with E-state index in [-0.39, 0.29) is 29.9 Å². The average Bonchev–Trinajstić information content (AvgIpc) is 3.09. The van der Waals surface area contributed by atoms with E-state index in [2.05, 4.69) is 5.32 Å². The predicted molar refractivity (Wildman–Crippen MR) is 81.3 cm³/mol. The minimum absolute atomic E-state index is 0.00855. The van der Waals surface area contributed by atoms with Gasteiger partial charge in [0.05, 0.1) is 17.9 Å². The molecule has 3 fully saturated rings. The second kappa shape index (κ2) is 6.08. The first-order chi connectivity index (χ1) is 10.6. The van der Waals surface area contributed by atoms with Crippen molar-refractivity contribution in [3.05, 3.63) is 0 Å². The summed E-state index contributed by atoms with van der Waals surface area (Å²) < 4.78 is 5.31. The molecule has 1 N–H and O–H groups in total. The van der Waals surface area contributed by atoms with Crippen LogP contribution in [0.15, 0.2) is 0 Å². The Bertz CT molecular complexity index is 500. The molecule has 0 aliphatic carbocycles. The minimum atomic E-state index is -0.551. The number of ether oxygens (including phenoxy) is 1. The fraction of sp³-hybridized carbons (Fsp3) is 0.786. The lowest BCUT2D eigenvalue weighted by Crippen LogP contribution is -2.64. The number of thioether (sulfide) groups is 1. The fourth-order valence-electron chi connectivity index (χ4n) is 3.68. The van der Waals surface area contributed by atoms with E-state index in [1.54, 1.807) is 16.9 Å². The van der Waals surface area contributed by atoms with Gasteiger partial charge in [-0.1, -0.05) is 0 Å². The summed E-state index contributed by atoms with van der Waals surface area (Å²) in [4.78, 5) is 40.5. The first-order valence-corrected chi connectivity index (χ1v) is 8.88. The molecule has 4 atom stereocenters. The maximum absolute atomic E-state index is 12.8. The number of hydrogen-bond acceptors (Lipinski definition) is 5. The number of hydrogen-bond donors (Lipinski definition) is 1. The molecule has 8 heteroatoms. The highest BCUT2D eigenvalue weighted by atomic mass is 32.2. The summed E-state index contributed by atoms with van der Waals surface area (Å²) in [6.07, 6.45) is 2.97. The van der Waals surface area contributed by atoms with Gasteiger partial charge in [0, 0.05) is 26.6 Å². The summed E-state index contributed by atoms with van der Waals surface area (Å²) >= 11 is 1.44. The summed E-state index contributed by atoms with van der Waals surface area (Å²) in [7, 11) is 1.60. The zero-order valence-corrected chi connectivity index (χ0v) is 13.6. The predicted octanol–water partition coefficient (Wildman–Crippen LogP) is -0.935. The summed E-state index contributed by atoms with van der Waals surface area (Å²) in [5.41, 5.74) is 0. The van der Waals surface area contributed by atoms with Gasteiger partial charge in [0.2, 0.25) is 17.7 Å². The topological polar surface area (TPSA) is 79.0 Å². The van der Waals surface area contributed by atoms with Crippen molar-refractivity contribution in [1.82, 2.24) is 15.1 Å². The lowest BCUT2D eigenvalue weighted by atomic mass is 10.0. The van der Waals surface area contributed by atoms with E-state index in [4.69, 9.17) is 4.74 Å². The van der Waals surface area contributed by atoms with Crippen LogP contribution in [0.2, 0.25) is 0 Å². The summed E-state index contributed by atoms with van der Waals surface area (Å²) in [5.74, 6) is 0.212. The molecule has 0 saturated carbocycles. The van der Waals surface area contributed by atoms with Gasteiger partial charge >= 0.3 is 0 Å². The van der Waals surface area contributed by atoms with E-state index in [1.165, 1.54) is 11.8 Å². The molecule has 3 heterocycles. The third kappa shape index (κ3) is 2.48.